The van der Waals surface area contributed by atoms with Gasteiger partial charge in [0.15, 0.2) is 29.7 Å². The highest BCUT2D eigenvalue weighted by Gasteiger charge is 2.44. The Morgan fingerprint density at radius 1 is 1.17 bits per heavy atom. The molecule has 0 saturated carbocycles. The lowest BCUT2D eigenvalue weighted by Gasteiger charge is -2.35. The average molecular weight is 502 g/mol. The van der Waals surface area contributed by atoms with Crippen molar-refractivity contribution in [3.8, 4) is 6.01 Å². The summed E-state index contributed by atoms with van der Waals surface area (Å²) in [4.78, 5) is 36.6. The van der Waals surface area contributed by atoms with Crippen LogP contribution in [-0.2, 0) is 29.1 Å². The van der Waals surface area contributed by atoms with Gasteiger partial charge in [-0.1, -0.05) is 0 Å². The maximum atomic E-state index is 13.6. The number of benzene rings is 1. The van der Waals surface area contributed by atoms with Gasteiger partial charge in [-0.2, -0.15) is 5.10 Å². The Bertz CT molecular complexity index is 1300. The summed E-state index contributed by atoms with van der Waals surface area (Å²) in [6.07, 6.45) is 1.72. The number of hydrogen-bond acceptors (Lipinski definition) is 7. The summed E-state index contributed by atoms with van der Waals surface area (Å²) >= 11 is 0. The van der Waals surface area contributed by atoms with Crippen LogP contribution in [-0.4, -0.2) is 66.4 Å². The lowest BCUT2D eigenvalue weighted by molar-refractivity contribution is -0.134. The van der Waals surface area contributed by atoms with Crippen LogP contribution in [0.1, 0.15) is 18.2 Å². The zero-order valence-corrected chi connectivity index (χ0v) is 19.0. The first-order valence-corrected chi connectivity index (χ1v) is 11.1. The molecule has 0 radical (unpaired) electrons. The normalized spacial score (nSPS) is 21.6. The topological polar surface area (TPSA) is 114 Å². The second-order valence-electron chi connectivity index (χ2n) is 8.66. The smallest absolute Gasteiger partial charge is 0.316 e. The molecule has 1 N–H and O–H groups in total. The molecule has 0 unspecified atom stereocenters. The number of halogens is 3. The van der Waals surface area contributed by atoms with Crippen molar-refractivity contribution in [1.29, 1.82) is 0 Å². The zero-order chi connectivity index (χ0) is 25.6. The SMILES string of the molecule is C[C@H]1Cn2ncc(N3C[C@@H](Oc4ncccn4)[C@H](O)C3=O)c2CN1C(=O)Cc1cc(F)c(F)c(F)c1. The van der Waals surface area contributed by atoms with Crippen molar-refractivity contribution in [3.05, 3.63) is 65.5 Å². The molecule has 0 bridgehead atoms. The fraction of sp³-hybridized carbons (Fsp3) is 0.348. The highest BCUT2D eigenvalue weighted by molar-refractivity contribution is 6.00. The minimum absolute atomic E-state index is 0.00358. The second kappa shape index (κ2) is 9.22. The van der Waals surface area contributed by atoms with Gasteiger partial charge >= 0.3 is 6.01 Å². The molecule has 5 rings (SSSR count). The summed E-state index contributed by atoms with van der Waals surface area (Å²) in [7, 11) is 0. The predicted octanol–water partition coefficient (Wildman–Crippen LogP) is 1.22. The van der Waals surface area contributed by atoms with E-state index in [0.717, 1.165) is 12.1 Å². The van der Waals surface area contributed by atoms with E-state index < -0.39 is 41.5 Å². The van der Waals surface area contributed by atoms with E-state index in [1.807, 2.05) is 0 Å². The first kappa shape index (κ1) is 23.7. The summed E-state index contributed by atoms with van der Waals surface area (Å²) in [5.74, 6) is -5.35. The van der Waals surface area contributed by atoms with E-state index >= 15 is 0 Å². The van der Waals surface area contributed by atoms with Crippen LogP contribution in [0.15, 0.2) is 36.8 Å². The summed E-state index contributed by atoms with van der Waals surface area (Å²) in [6.45, 7) is 2.18. The maximum absolute atomic E-state index is 13.6. The van der Waals surface area contributed by atoms with Crippen LogP contribution in [0, 0.1) is 17.5 Å². The van der Waals surface area contributed by atoms with E-state index in [0.29, 0.717) is 17.9 Å². The van der Waals surface area contributed by atoms with E-state index in [-0.39, 0.29) is 37.1 Å². The maximum Gasteiger partial charge on any atom is 0.316 e. The molecule has 1 fully saturated rings. The van der Waals surface area contributed by atoms with Gasteiger partial charge in [0, 0.05) is 18.4 Å². The zero-order valence-electron chi connectivity index (χ0n) is 19.0. The number of fused-ring (bicyclic) bond motifs is 1. The van der Waals surface area contributed by atoms with Crippen LogP contribution in [0.3, 0.4) is 0 Å². The quantitative estimate of drug-likeness (QED) is 0.522. The Morgan fingerprint density at radius 2 is 1.86 bits per heavy atom. The number of aliphatic hydroxyl groups is 1. The summed E-state index contributed by atoms with van der Waals surface area (Å²) in [6, 6.07) is 2.90. The van der Waals surface area contributed by atoms with Crippen LogP contribution in [0.4, 0.5) is 18.9 Å². The van der Waals surface area contributed by atoms with Crippen LogP contribution >= 0.6 is 0 Å². The molecular formula is C23H21F3N6O4. The van der Waals surface area contributed by atoms with Gasteiger partial charge in [-0.25, -0.2) is 23.1 Å². The Morgan fingerprint density at radius 3 is 2.56 bits per heavy atom. The summed E-state index contributed by atoms with van der Waals surface area (Å²) < 4.78 is 47.7. The van der Waals surface area contributed by atoms with Gasteiger partial charge in [-0.15, -0.1) is 0 Å². The van der Waals surface area contributed by atoms with E-state index in [1.165, 1.54) is 28.4 Å². The Kier molecular flexibility index (Phi) is 6.08. The lowest BCUT2D eigenvalue weighted by Crippen LogP contribution is -2.46. The molecule has 1 saturated heterocycles. The van der Waals surface area contributed by atoms with Crippen molar-refractivity contribution in [2.24, 2.45) is 0 Å². The fourth-order valence-electron chi connectivity index (χ4n) is 4.42. The molecule has 2 amide bonds. The number of ether oxygens (including phenoxy) is 1. The fourth-order valence-corrected chi connectivity index (χ4v) is 4.42. The lowest BCUT2D eigenvalue weighted by atomic mass is 10.1. The number of carbonyl (C=O) groups is 2. The van der Waals surface area contributed by atoms with E-state index in [1.54, 1.807) is 17.7 Å². The van der Waals surface area contributed by atoms with Crippen LogP contribution in [0.25, 0.3) is 0 Å². The molecule has 3 aromatic rings. The molecule has 2 aromatic heterocycles. The molecule has 36 heavy (non-hydrogen) atoms. The molecule has 2 aliphatic heterocycles. The highest BCUT2D eigenvalue weighted by Crippen LogP contribution is 2.31. The molecule has 0 aliphatic carbocycles. The second-order valence-corrected chi connectivity index (χ2v) is 8.66. The van der Waals surface area contributed by atoms with E-state index in [4.69, 9.17) is 4.74 Å². The van der Waals surface area contributed by atoms with Gasteiger partial charge in [0.1, 0.15) is 0 Å². The Labute approximate surface area is 202 Å². The van der Waals surface area contributed by atoms with Crippen molar-refractivity contribution in [2.45, 2.75) is 44.7 Å². The summed E-state index contributed by atoms with van der Waals surface area (Å²) in [5.41, 5.74) is 0.960. The minimum atomic E-state index is -1.59. The molecule has 2 aliphatic rings. The first-order valence-electron chi connectivity index (χ1n) is 11.1. The van der Waals surface area contributed by atoms with Crippen LogP contribution in [0.5, 0.6) is 6.01 Å². The molecular weight excluding hydrogens is 481 g/mol. The monoisotopic (exact) mass is 502 g/mol. The third kappa shape index (κ3) is 4.26. The number of rotatable bonds is 5. The van der Waals surface area contributed by atoms with Gasteiger partial charge in [0.25, 0.3) is 5.91 Å². The van der Waals surface area contributed by atoms with Crippen LogP contribution in [0.2, 0.25) is 0 Å². The van der Waals surface area contributed by atoms with Crippen molar-refractivity contribution < 1.29 is 32.6 Å². The Balaban J connectivity index is 1.34. The number of nitrogens with zero attached hydrogens (tertiary/aromatic N) is 6. The van der Waals surface area contributed by atoms with Crippen molar-refractivity contribution in [1.82, 2.24) is 24.6 Å². The average Bonchev–Trinajstić information content (AvgIpc) is 3.37. The predicted molar refractivity (Wildman–Crippen MR) is 117 cm³/mol. The number of aromatic nitrogens is 4. The largest absolute Gasteiger partial charge is 0.455 e. The minimum Gasteiger partial charge on any atom is -0.455 e. The molecule has 1 aromatic carbocycles. The molecule has 13 heteroatoms. The third-order valence-electron chi connectivity index (χ3n) is 6.26. The van der Waals surface area contributed by atoms with Crippen LogP contribution < -0.4 is 9.64 Å². The number of aliphatic hydroxyl groups excluding tert-OH is 1. The van der Waals surface area contributed by atoms with Gasteiger partial charge in [-0.05, 0) is 30.7 Å². The van der Waals surface area contributed by atoms with Gasteiger partial charge in [0.2, 0.25) is 5.91 Å². The molecule has 188 valence electrons. The highest BCUT2D eigenvalue weighted by atomic mass is 19.2. The van der Waals surface area contributed by atoms with E-state index in [2.05, 4.69) is 15.1 Å². The van der Waals surface area contributed by atoms with Crippen molar-refractivity contribution >= 4 is 17.5 Å². The number of anilines is 1. The molecule has 0 spiro atoms. The summed E-state index contributed by atoms with van der Waals surface area (Å²) in [5, 5.41) is 14.8. The van der Waals surface area contributed by atoms with Gasteiger partial charge in [0.05, 0.1) is 43.6 Å². The number of hydrogen-bond donors (Lipinski definition) is 1. The standard InChI is InChI=1S/C23H21F3N6O4/c1-12-9-32-17(10-30(12)19(33)7-13-5-14(24)20(26)15(25)6-13)16(8-29-32)31-11-18(21(34)22(31)35)36-23-27-3-2-4-28-23/h2-6,8,12,18,21,34H,7,9-11H2,1H3/t12-,18+,21-/m0/s1. The molecule has 10 nitrogen and oxygen atoms in total. The van der Waals surface area contributed by atoms with Crippen molar-refractivity contribution in [2.75, 3.05) is 11.4 Å². The van der Waals surface area contributed by atoms with Gasteiger partial charge in [-0.3, -0.25) is 14.3 Å². The number of amides is 2. The van der Waals surface area contributed by atoms with Gasteiger partial charge < -0.3 is 19.6 Å². The van der Waals surface area contributed by atoms with E-state index in [9.17, 15) is 27.9 Å². The Hall–Kier alpha value is -4.00. The molecule has 4 heterocycles. The molecule has 3 atom stereocenters. The number of carbonyl (C=O) groups excluding carboxylic acids is 2. The first-order chi connectivity index (χ1) is 17.2. The van der Waals surface area contributed by atoms with Crippen molar-refractivity contribution in [3.63, 3.8) is 0 Å². The third-order valence-corrected chi connectivity index (χ3v) is 6.26.